The first-order valence-electron chi connectivity index (χ1n) is 9.57. The predicted molar refractivity (Wildman–Crippen MR) is 110 cm³/mol. The highest BCUT2D eigenvalue weighted by molar-refractivity contribution is 5.98. The molecule has 0 saturated carbocycles. The zero-order chi connectivity index (χ0) is 20.8. The number of nitro benzene ring substituents is 1. The van der Waals surface area contributed by atoms with E-state index < -0.39 is 10.8 Å². The van der Waals surface area contributed by atoms with E-state index in [0.29, 0.717) is 6.54 Å². The first kappa shape index (κ1) is 20.8. The van der Waals surface area contributed by atoms with E-state index >= 15 is 0 Å². The Hall–Kier alpha value is -2.97. The number of hydrogen-bond acceptors (Lipinski definition) is 6. The van der Waals surface area contributed by atoms with Crippen molar-refractivity contribution in [1.82, 2.24) is 15.1 Å². The Bertz CT molecular complexity index is 848. The van der Waals surface area contributed by atoms with Crippen LogP contribution in [0.1, 0.15) is 22.0 Å². The molecule has 1 aliphatic heterocycles. The summed E-state index contributed by atoms with van der Waals surface area (Å²) in [5.74, 6) is 0.333. The van der Waals surface area contributed by atoms with Gasteiger partial charge in [0.05, 0.1) is 18.1 Å². The molecule has 29 heavy (non-hydrogen) atoms. The van der Waals surface area contributed by atoms with E-state index in [-0.39, 0.29) is 17.3 Å². The fourth-order valence-corrected chi connectivity index (χ4v) is 3.53. The minimum atomic E-state index is -0.531. The molecular weight excluding hydrogens is 372 g/mol. The number of methoxy groups -OCH3 is 1. The highest BCUT2D eigenvalue weighted by Crippen LogP contribution is 2.24. The molecule has 2 aromatic carbocycles. The molecule has 1 atom stereocenters. The second-order valence-corrected chi connectivity index (χ2v) is 7.11. The molecule has 1 fully saturated rings. The maximum absolute atomic E-state index is 12.7. The monoisotopic (exact) mass is 398 g/mol. The highest BCUT2D eigenvalue weighted by atomic mass is 16.6. The summed E-state index contributed by atoms with van der Waals surface area (Å²) in [6.45, 7) is 4.03. The number of nitrogens with zero attached hydrogens (tertiary/aromatic N) is 3. The summed E-state index contributed by atoms with van der Waals surface area (Å²) < 4.78 is 5.25. The summed E-state index contributed by atoms with van der Waals surface area (Å²) >= 11 is 0. The third-order valence-electron chi connectivity index (χ3n) is 5.28. The fraction of sp³-hybridized carbons (Fsp3) is 0.381. The van der Waals surface area contributed by atoms with Crippen LogP contribution in [0.5, 0.6) is 5.75 Å². The molecule has 1 aliphatic rings. The van der Waals surface area contributed by atoms with E-state index in [1.807, 2.05) is 24.3 Å². The number of hydrogen-bond donors (Lipinski definition) is 1. The molecule has 3 rings (SSSR count). The number of nitrogens with one attached hydrogen (secondary N) is 1. The van der Waals surface area contributed by atoms with Crippen molar-refractivity contribution in [2.75, 3.05) is 46.9 Å². The lowest BCUT2D eigenvalue weighted by Gasteiger charge is -2.38. The smallest absolute Gasteiger partial charge is 0.282 e. The van der Waals surface area contributed by atoms with Crippen LogP contribution in [0.25, 0.3) is 0 Å². The van der Waals surface area contributed by atoms with E-state index in [4.69, 9.17) is 4.74 Å². The van der Waals surface area contributed by atoms with E-state index in [9.17, 15) is 14.9 Å². The lowest BCUT2D eigenvalue weighted by atomic mass is 10.0. The Morgan fingerprint density at radius 3 is 2.41 bits per heavy atom. The van der Waals surface area contributed by atoms with Crippen LogP contribution < -0.4 is 10.1 Å². The SMILES string of the molecule is COc1ccc(C(CNC(=O)c2ccccc2[N+](=O)[O-])N2CCN(C)CC2)cc1. The number of rotatable bonds is 7. The molecule has 1 amide bonds. The van der Waals surface area contributed by atoms with Gasteiger partial charge in [-0.15, -0.1) is 0 Å². The molecule has 0 spiro atoms. The Labute approximate surface area is 170 Å². The van der Waals surface area contributed by atoms with Crippen molar-refractivity contribution in [1.29, 1.82) is 0 Å². The number of nitro groups is 1. The number of carbonyl (C=O) groups is 1. The predicted octanol–water partition coefficient (Wildman–Crippen LogP) is 2.32. The molecule has 1 saturated heterocycles. The first-order valence-corrected chi connectivity index (χ1v) is 9.57. The molecule has 8 heteroatoms. The van der Waals surface area contributed by atoms with E-state index in [1.165, 1.54) is 12.1 Å². The van der Waals surface area contributed by atoms with Crippen LogP contribution >= 0.6 is 0 Å². The number of amides is 1. The maximum atomic E-state index is 12.7. The molecule has 1 N–H and O–H groups in total. The van der Waals surface area contributed by atoms with Gasteiger partial charge in [-0.05, 0) is 30.8 Å². The standard InChI is InChI=1S/C21H26N4O4/c1-23-11-13-24(14-12-23)20(16-7-9-17(29-2)10-8-16)15-22-21(26)18-5-3-4-6-19(18)25(27)28/h3-10,20H,11-15H2,1-2H3,(H,22,26). The van der Waals surface area contributed by atoms with Gasteiger partial charge in [0, 0.05) is 38.8 Å². The summed E-state index contributed by atoms with van der Waals surface area (Å²) in [6.07, 6.45) is 0. The molecule has 8 nitrogen and oxygen atoms in total. The number of piperazine rings is 1. The second kappa shape index (κ2) is 9.49. The molecule has 1 heterocycles. The van der Waals surface area contributed by atoms with Crippen LogP contribution in [0.15, 0.2) is 48.5 Å². The Balaban J connectivity index is 1.77. The molecule has 154 valence electrons. The van der Waals surface area contributed by atoms with Crippen LogP contribution in [0.2, 0.25) is 0 Å². The summed E-state index contributed by atoms with van der Waals surface area (Å²) in [5.41, 5.74) is 0.952. The molecular formula is C21H26N4O4. The summed E-state index contributed by atoms with van der Waals surface area (Å²) in [5, 5.41) is 14.1. The second-order valence-electron chi connectivity index (χ2n) is 7.11. The largest absolute Gasteiger partial charge is 0.497 e. The van der Waals surface area contributed by atoms with Crippen molar-refractivity contribution in [3.8, 4) is 5.75 Å². The van der Waals surface area contributed by atoms with Gasteiger partial charge in [-0.2, -0.15) is 0 Å². The molecule has 1 unspecified atom stereocenters. The third kappa shape index (κ3) is 5.10. The minimum absolute atomic E-state index is 0.0266. The van der Waals surface area contributed by atoms with Gasteiger partial charge in [0.2, 0.25) is 0 Å². The topological polar surface area (TPSA) is 87.9 Å². The number of para-hydroxylation sites is 1. The average molecular weight is 398 g/mol. The minimum Gasteiger partial charge on any atom is -0.497 e. The fourth-order valence-electron chi connectivity index (χ4n) is 3.53. The van der Waals surface area contributed by atoms with Crippen molar-refractivity contribution >= 4 is 11.6 Å². The molecule has 0 aromatic heterocycles. The van der Waals surface area contributed by atoms with Crippen LogP contribution in [0, 0.1) is 10.1 Å². The zero-order valence-corrected chi connectivity index (χ0v) is 16.7. The number of carbonyl (C=O) groups excluding carboxylic acids is 1. The van der Waals surface area contributed by atoms with Crippen LogP contribution in [0.4, 0.5) is 5.69 Å². The van der Waals surface area contributed by atoms with Crippen molar-refractivity contribution < 1.29 is 14.5 Å². The Morgan fingerprint density at radius 1 is 1.14 bits per heavy atom. The van der Waals surface area contributed by atoms with Gasteiger partial charge in [-0.1, -0.05) is 24.3 Å². The van der Waals surface area contributed by atoms with Crippen LogP contribution in [-0.2, 0) is 0 Å². The van der Waals surface area contributed by atoms with Gasteiger partial charge < -0.3 is 15.0 Å². The van der Waals surface area contributed by atoms with E-state index in [2.05, 4.69) is 22.2 Å². The number of likely N-dealkylation sites (N-methyl/N-ethyl adjacent to an activating group) is 1. The zero-order valence-electron chi connectivity index (χ0n) is 16.7. The highest BCUT2D eigenvalue weighted by Gasteiger charge is 2.26. The van der Waals surface area contributed by atoms with Crippen molar-refractivity contribution in [2.45, 2.75) is 6.04 Å². The lowest BCUT2D eigenvalue weighted by molar-refractivity contribution is -0.385. The number of ether oxygens (including phenoxy) is 1. The molecule has 2 aromatic rings. The Kier molecular flexibility index (Phi) is 6.79. The molecule has 0 aliphatic carbocycles. The normalized spacial score (nSPS) is 16.2. The maximum Gasteiger partial charge on any atom is 0.282 e. The van der Waals surface area contributed by atoms with Gasteiger partial charge in [0.15, 0.2) is 0 Å². The quantitative estimate of drug-likeness (QED) is 0.569. The summed E-state index contributed by atoms with van der Waals surface area (Å²) in [7, 11) is 3.72. The van der Waals surface area contributed by atoms with E-state index in [1.54, 1.807) is 19.2 Å². The lowest BCUT2D eigenvalue weighted by Crippen LogP contribution is -2.48. The summed E-state index contributed by atoms with van der Waals surface area (Å²) in [4.78, 5) is 28.0. The van der Waals surface area contributed by atoms with Gasteiger partial charge in [0.25, 0.3) is 11.6 Å². The van der Waals surface area contributed by atoms with Gasteiger partial charge >= 0.3 is 0 Å². The van der Waals surface area contributed by atoms with Gasteiger partial charge in [-0.3, -0.25) is 19.8 Å². The third-order valence-corrected chi connectivity index (χ3v) is 5.28. The van der Waals surface area contributed by atoms with Crippen LogP contribution in [0.3, 0.4) is 0 Å². The van der Waals surface area contributed by atoms with Gasteiger partial charge in [0.1, 0.15) is 11.3 Å². The van der Waals surface area contributed by atoms with Crippen LogP contribution in [-0.4, -0.2) is 67.5 Å². The van der Waals surface area contributed by atoms with E-state index in [0.717, 1.165) is 37.5 Å². The molecule has 0 radical (unpaired) electrons. The number of benzene rings is 2. The average Bonchev–Trinajstić information content (AvgIpc) is 2.75. The Morgan fingerprint density at radius 2 is 1.79 bits per heavy atom. The molecule has 0 bridgehead atoms. The first-order chi connectivity index (χ1) is 14.0. The van der Waals surface area contributed by atoms with Crippen molar-refractivity contribution in [2.24, 2.45) is 0 Å². The van der Waals surface area contributed by atoms with Crippen molar-refractivity contribution in [3.63, 3.8) is 0 Å². The summed E-state index contributed by atoms with van der Waals surface area (Å²) in [6, 6.07) is 13.8. The van der Waals surface area contributed by atoms with Gasteiger partial charge in [-0.25, -0.2) is 0 Å². The van der Waals surface area contributed by atoms with Crippen molar-refractivity contribution in [3.05, 3.63) is 69.8 Å².